The second-order valence-corrected chi connectivity index (χ2v) is 4.76. The Kier molecular flexibility index (Phi) is 5.00. The second-order valence-electron chi connectivity index (χ2n) is 4.35. The van der Waals surface area contributed by atoms with Crippen molar-refractivity contribution < 1.29 is 14.6 Å². The fourth-order valence-corrected chi connectivity index (χ4v) is 1.96. The zero-order valence-electron chi connectivity index (χ0n) is 11.5. The first-order chi connectivity index (χ1) is 10.1. The number of aryl methyl sites for hydroxylation is 1. The third-order valence-electron chi connectivity index (χ3n) is 2.78. The van der Waals surface area contributed by atoms with Crippen molar-refractivity contribution in [3.05, 3.63) is 52.8 Å². The predicted octanol–water partition coefficient (Wildman–Crippen LogP) is 3.23. The Morgan fingerprint density at radius 3 is 2.95 bits per heavy atom. The number of hydrogen-bond donors (Lipinski definition) is 1. The lowest BCUT2D eigenvalue weighted by Gasteiger charge is -2.07. The Morgan fingerprint density at radius 2 is 2.33 bits per heavy atom. The maximum absolute atomic E-state index is 10.5. The topological polar surface area (TPSA) is 64.3 Å². The average Bonchev–Trinajstić information content (AvgIpc) is 2.92. The van der Waals surface area contributed by atoms with E-state index in [0.717, 1.165) is 18.2 Å². The quantitative estimate of drug-likeness (QED) is 0.832. The van der Waals surface area contributed by atoms with E-state index in [9.17, 15) is 4.79 Å². The van der Waals surface area contributed by atoms with E-state index < -0.39 is 5.97 Å². The minimum Gasteiger partial charge on any atom is -0.487 e. The number of hydrogen-bond acceptors (Lipinski definition) is 3. The molecule has 0 aliphatic carbocycles. The van der Waals surface area contributed by atoms with Gasteiger partial charge in [0.1, 0.15) is 12.4 Å². The normalized spacial score (nSPS) is 11.0. The largest absolute Gasteiger partial charge is 0.487 e. The number of aromatic nitrogens is 2. The summed E-state index contributed by atoms with van der Waals surface area (Å²) in [5, 5.41) is 13.2. The molecule has 0 unspecified atom stereocenters. The van der Waals surface area contributed by atoms with Crippen LogP contribution in [0.2, 0.25) is 5.02 Å². The molecule has 0 spiro atoms. The Morgan fingerprint density at radius 1 is 1.52 bits per heavy atom. The van der Waals surface area contributed by atoms with E-state index in [-0.39, 0.29) is 0 Å². The first-order valence-corrected chi connectivity index (χ1v) is 6.81. The molecule has 1 aromatic carbocycles. The highest BCUT2D eigenvalue weighted by Crippen LogP contribution is 2.26. The third kappa shape index (κ3) is 4.36. The average molecular weight is 307 g/mol. The summed E-state index contributed by atoms with van der Waals surface area (Å²) in [6.07, 6.45) is 6.20. The van der Waals surface area contributed by atoms with Crippen LogP contribution in [0.15, 0.2) is 36.7 Å². The van der Waals surface area contributed by atoms with Gasteiger partial charge in [-0.15, -0.1) is 0 Å². The minimum absolute atomic E-state index is 0.379. The van der Waals surface area contributed by atoms with E-state index in [0.29, 0.717) is 22.9 Å². The summed E-state index contributed by atoms with van der Waals surface area (Å²) in [4.78, 5) is 10.5. The predicted molar refractivity (Wildman–Crippen MR) is 80.4 cm³/mol. The lowest BCUT2D eigenvalue weighted by Crippen LogP contribution is -1.96. The van der Waals surface area contributed by atoms with Gasteiger partial charge in [-0.25, -0.2) is 4.79 Å². The van der Waals surface area contributed by atoms with Gasteiger partial charge >= 0.3 is 5.97 Å². The van der Waals surface area contributed by atoms with Crippen LogP contribution in [0.3, 0.4) is 0 Å². The molecule has 2 aromatic rings. The van der Waals surface area contributed by atoms with Crippen molar-refractivity contribution >= 4 is 23.6 Å². The smallest absolute Gasteiger partial charge is 0.328 e. The number of carbonyl (C=O) groups is 1. The van der Waals surface area contributed by atoms with Crippen LogP contribution in [-0.2, 0) is 17.9 Å². The van der Waals surface area contributed by atoms with Gasteiger partial charge in [-0.3, -0.25) is 4.68 Å². The summed E-state index contributed by atoms with van der Waals surface area (Å²) < 4.78 is 7.46. The molecule has 2 rings (SSSR count). The van der Waals surface area contributed by atoms with Gasteiger partial charge in [0.2, 0.25) is 0 Å². The summed E-state index contributed by atoms with van der Waals surface area (Å²) in [5.41, 5.74) is 1.66. The fraction of sp³-hybridized carbons (Fsp3) is 0.200. The monoisotopic (exact) mass is 306 g/mol. The molecule has 1 N–H and O–H groups in total. The molecular weight excluding hydrogens is 292 g/mol. The number of rotatable bonds is 6. The van der Waals surface area contributed by atoms with Gasteiger partial charge in [0.15, 0.2) is 0 Å². The summed E-state index contributed by atoms with van der Waals surface area (Å²) in [6, 6.07) is 5.12. The Labute approximate surface area is 127 Å². The zero-order chi connectivity index (χ0) is 15.2. The van der Waals surface area contributed by atoms with Gasteiger partial charge in [-0.05, 0) is 30.7 Å². The summed E-state index contributed by atoms with van der Waals surface area (Å²) in [7, 11) is 0. The molecule has 0 amide bonds. The number of nitrogens with zero attached hydrogens (tertiary/aromatic N) is 2. The molecule has 21 heavy (non-hydrogen) atoms. The molecule has 0 aliphatic heterocycles. The maximum atomic E-state index is 10.5. The minimum atomic E-state index is -1.00. The van der Waals surface area contributed by atoms with Crippen LogP contribution in [0.5, 0.6) is 5.75 Å². The zero-order valence-corrected chi connectivity index (χ0v) is 12.2. The van der Waals surface area contributed by atoms with E-state index >= 15 is 0 Å². The van der Waals surface area contributed by atoms with Crippen molar-refractivity contribution in [2.75, 3.05) is 0 Å². The van der Waals surface area contributed by atoms with Crippen molar-refractivity contribution in [2.45, 2.75) is 20.1 Å². The van der Waals surface area contributed by atoms with Gasteiger partial charge in [0.05, 0.1) is 11.2 Å². The van der Waals surface area contributed by atoms with Gasteiger partial charge in [-0.2, -0.15) is 5.10 Å². The molecular formula is C15H15ClN2O3. The summed E-state index contributed by atoms with van der Waals surface area (Å²) >= 11 is 6.12. The van der Waals surface area contributed by atoms with E-state index in [1.54, 1.807) is 24.4 Å². The molecule has 0 saturated heterocycles. The highest BCUT2D eigenvalue weighted by atomic mass is 35.5. The number of aliphatic carboxylic acids is 1. The molecule has 0 bridgehead atoms. The SMILES string of the molecule is CCn1cc(COc2ccc(C=CC(=O)O)cc2Cl)cn1. The van der Waals surface area contributed by atoms with E-state index in [1.165, 1.54) is 6.08 Å². The summed E-state index contributed by atoms with van der Waals surface area (Å²) in [6.45, 7) is 3.20. The highest BCUT2D eigenvalue weighted by molar-refractivity contribution is 6.32. The van der Waals surface area contributed by atoms with Crippen LogP contribution in [0.1, 0.15) is 18.1 Å². The number of carboxylic acid groups (broad SMARTS) is 1. The Balaban J connectivity index is 2.02. The molecule has 1 aromatic heterocycles. The number of benzene rings is 1. The molecule has 0 fully saturated rings. The number of ether oxygens (including phenoxy) is 1. The highest BCUT2D eigenvalue weighted by Gasteiger charge is 2.04. The lowest BCUT2D eigenvalue weighted by molar-refractivity contribution is -0.131. The van der Waals surface area contributed by atoms with Gasteiger partial charge in [-0.1, -0.05) is 17.7 Å². The molecule has 0 saturated carbocycles. The van der Waals surface area contributed by atoms with Crippen molar-refractivity contribution in [1.82, 2.24) is 9.78 Å². The Hall–Kier alpha value is -2.27. The molecule has 5 nitrogen and oxygen atoms in total. The van der Waals surface area contributed by atoms with E-state index in [1.807, 2.05) is 17.8 Å². The van der Waals surface area contributed by atoms with Gasteiger partial charge in [0.25, 0.3) is 0 Å². The fourth-order valence-electron chi connectivity index (χ4n) is 1.72. The van der Waals surface area contributed by atoms with Crippen LogP contribution >= 0.6 is 11.6 Å². The molecule has 0 aliphatic rings. The molecule has 6 heteroatoms. The van der Waals surface area contributed by atoms with Gasteiger partial charge in [0, 0.05) is 24.4 Å². The van der Waals surface area contributed by atoms with Crippen LogP contribution in [0, 0.1) is 0 Å². The first-order valence-electron chi connectivity index (χ1n) is 6.43. The van der Waals surface area contributed by atoms with Crippen molar-refractivity contribution in [3.8, 4) is 5.75 Å². The van der Waals surface area contributed by atoms with E-state index in [4.69, 9.17) is 21.4 Å². The van der Waals surface area contributed by atoms with E-state index in [2.05, 4.69) is 5.10 Å². The Bertz CT molecular complexity index is 665. The molecule has 0 atom stereocenters. The second kappa shape index (κ2) is 6.95. The van der Waals surface area contributed by atoms with Crippen LogP contribution < -0.4 is 4.74 Å². The van der Waals surface area contributed by atoms with Crippen LogP contribution in [0.25, 0.3) is 6.08 Å². The number of carboxylic acids is 1. The number of halogens is 1. The third-order valence-corrected chi connectivity index (χ3v) is 3.07. The standard InChI is InChI=1S/C15H15ClN2O3/c1-2-18-9-12(8-17-18)10-21-14-5-3-11(7-13(14)16)4-6-15(19)20/h3-9H,2,10H2,1H3,(H,19,20). The lowest BCUT2D eigenvalue weighted by atomic mass is 10.2. The van der Waals surface area contributed by atoms with Crippen molar-refractivity contribution in [3.63, 3.8) is 0 Å². The maximum Gasteiger partial charge on any atom is 0.328 e. The molecule has 0 radical (unpaired) electrons. The van der Waals surface area contributed by atoms with Crippen molar-refractivity contribution in [2.24, 2.45) is 0 Å². The van der Waals surface area contributed by atoms with Crippen molar-refractivity contribution in [1.29, 1.82) is 0 Å². The molecule has 110 valence electrons. The molecule has 1 heterocycles. The van der Waals surface area contributed by atoms with Crippen LogP contribution in [-0.4, -0.2) is 20.9 Å². The summed E-state index contributed by atoms with van der Waals surface area (Å²) in [5.74, 6) is -0.451. The van der Waals surface area contributed by atoms with Crippen LogP contribution in [0.4, 0.5) is 0 Å². The van der Waals surface area contributed by atoms with Gasteiger partial charge < -0.3 is 9.84 Å². The first kappa shape index (κ1) is 15.1.